The molecule has 2 aromatic rings. The second-order valence-corrected chi connectivity index (χ2v) is 6.11. The lowest BCUT2D eigenvalue weighted by Crippen LogP contribution is -2.13. The van der Waals surface area contributed by atoms with Gasteiger partial charge in [-0.2, -0.15) is 5.10 Å². The first kappa shape index (κ1) is 15.2. The fraction of sp³-hybridized carbons (Fsp3) is 0.308. The number of aromatic nitrogens is 2. The number of anilines is 1. The van der Waals surface area contributed by atoms with Gasteiger partial charge in [0.1, 0.15) is 0 Å². The Morgan fingerprint density at radius 3 is 2.38 bits per heavy atom. The van der Waals surface area contributed by atoms with Crippen LogP contribution >= 0.6 is 0 Å². The Kier molecular flexibility index (Phi) is 4.08. The molecule has 0 aliphatic rings. The number of nitrogens with one attached hydrogen (secondary N) is 1. The van der Waals surface area contributed by atoms with Crippen LogP contribution in [0, 0.1) is 6.92 Å². The van der Waals surface area contributed by atoms with Crippen molar-refractivity contribution in [2.24, 2.45) is 7.05 Å². The van der Waals surface area contributed by atoms with Crippen molar-refractivity contribution in [2.45, 2.75) is 11.8 Å². The predicted octanol–water partition coefficient (Wildman–Crippen LogP) is 1.55. The normalized spacial score (nSPS) is 11.2. The van der Waals surface area contributed by atoms with E-state index in [9.17, 15) is 8.42 Å². The second-order valence-electron chi connectivity index (χ2n) is 4.42. The smallest absolute Gasteiger partial charge is 0.262 e. The van der Waals surface area contributed by atoms with E-state index in [1.165, 1.54) is 26.4 Å². The van der Waals surface area contributed by atoms with Crippen LogP contribution in [-0.2, 0) is 17.1 Å². The zero-order valence-electron chi connectivity index (χ0n) is 12.2. The van der Waals surface area contributed by atoms with E-state index in [0.717, 1.165) is 0 Å². The summed E-state index contributed by atoms with van der Waals surface area (Å²) in [5, 5.41) is 4.10. The molecule has 21 heavy (non-hydrogen) atoms. The van der Waals surface area contributed by atoms with Crippen LogP contribution in [0.2, 0.25) is 0 Å². The highest BCUT2D eigenvalue weighted by Crippen LogP contribution is 2.30. The summed E-state index contributed by atoms with van der Waals surface area (Å²) in [4.78, 5) is 0.0865. The van der Waals surface area contributed by atoms with Crippen LogP contribution in [0.15, 0.2) is 29.3 Å². The van der Waals surface area contributed by atoms with Gasteiger partial charge in [-0.15, -0.1) is 0 Å². The fourth-order valence-corrected chi connectivity index (χ4v) is 3.00. The van der Waals surface area contributed by atoms with Gasteiger partial charge in [0, 0.05) is 19.3 Å². The van der Waals surface area contributed by atoms with Crippen LogP contribution < -0.4 is 14.2 Å². The van der Waals surface area contributed by atoms with Gasteiger partial charge < -0.3 is 9.47 Å². The van der Waals surface area contributed by atoms with E-state index in [1.807, 2.05) is 0 Å². The molecule has 0 bridgehead atoms. The minimum absolute atomic E-state index is 0.0865. The summed E-state index contributed by atoms with van der Waals surface area (Å²) >= 11 is 0. The van der Waals surface area contributed by atoms with E-state index < -0.39 is 10.0 Å². The third-order valence-corrected chi connectivity index (χ3v) is 4.29. The molecule has 1 aromatic heterocycles. The van der Waals surface area contributed by atoms with Crippen molar-refractivity contribution in [1.82, 2.24) is 9.78 Å². The lowest BCUT2D eigenvalue weighted by Gasteiger charge is -2.11. The Bertz CT molecular complexity index is 753. The first-order valence-electron chi connectivity index (χ1n) is 6.12. The number of methoxy groups -OCH3 is 2. The number of nitrogens with zero attached hydrogens (tertiary/aromatic N) is 2. The van der Waals surface area contributed by atoms with Crippen molar-refractivity contribution in [2.75, 3.05) is 18.9 Å². The number of rotatable bonds is 5. The van der Waals surface area contributed by atoms with Gasteiger partial charge in [0.25, 0.3) is 10.0 Å². The largest absolute Gasteiger partial charge is 0.493 e. The maximum Gasteiger partial charge on any atom is 0.262 e. The first-order valence-corrected chi connectivity index (χ1v) is 7.61. The highest BCUT2D eigenvalue weighted by Gasteiger charge is 2.19. The molecule has 0 spiro atoms. The summed E-state index contributed by atoms with van der Waals surface area (Å²) in [6.07, 6.45) is 1.60. The zero-order chi connectivity index (χ0) is 15.6. The van der Waals surface area contributed by atoms with Gasteiger partial charge in [-0.3, -0.25) is 9.40 Å². The lowest BCUT2D eigenvalue weighted by atomic mass is 10.3. The molecule has 8 heteroatoms. The van der Waals surface area contributed by atoms with Gasteiger partial charge in [-0.1, -0.05) is 0 Å². The number of aryl methyl sites for hydroxylation is 2. The van der Waals surface area contributed by atoms with Gasteiger partial charge in [-0.25, -0.2) is 8.42 Å². The van der Waals surface area contributed by atoms with E-state index in [4.69, 9.17) is 9.47 Å². The van der Waals surface area contributed by atoms with Gasteiger partial charge in [0.05, 0.1) is 30.5 Å². The number of hydrogen-bond acceptors (Lipinski definition) is 5. The fourth-order valence-electron chi connectivity index (χ4n) is 1.89. The molecule has 0 aliphatic heterocycles. The maximum atomic E-state index is 12.4. The third-order valence-electron chi connectivity index (χ3n) is 2.92. The van der Waals surface area contributed by atoms with Crippen LogP contribution in [0.4, 0.5) is 5.69 Å². The summed E-state index contributed by atoms with van der Waals surface area (Å²) in [6.45, 7) is 1.73. The molecule has 2 rings (SSSR count). The molecule has 0 unspecified atom stereocenters. The minimum Gasteiger partial charge on any atom is -0.493 e. The molecule has 1 heterocycles. The van der Waals surface area contributed by atoms with Crippen molar-refractivity contribution in [3.05, 3.63) is 30.1 Å². The SMILES string of the molecule is COc1ccc(S(=O)(=O)Nc2cn(C)nc2C)cc1OC. The van der Waals surface area contributed by atoms with Gasteiger partial charge in [0.2, 0.25) is 0 Å². The molecule has 1 N–H and O–H groups in total. The molecule has 0 radical (unpaired) electrons. The quantitative estimate of drug-likeness (QED) is 0.906. The van der Waals surface area contributed by atoms with Crippen LogP contribution in [-0.4, -0.2) is 32.4 Å². The summed E-state index contributed by atoms with van der Waals surface area (Å²) in [5.41, 5.74) is 1.04. The average molecular weight is 311 g/mol. The number of benzene rings is 1. The highest BCUT2D eigenvalue weighted by atomic mass is 32.2. The summed E-state index contributed by atoms with van der Waals surface area (Å²) in [6, 6.07) is 4.41. The molecule has 0 saturated carbocycles. The number of hydrogen-bond donors (Lipinski definition) is 1. The van der Waals surface area contributed by atoms with Crippen LogP contribution in [0.5, 0.6) is 11.5 Å². The Labute approximate surface area is 123 Å². The van der Waals surface area contributed by atoms with Crippen molar-refractivity contribution < 1.29 is 17.9 Å². The standard InChI is InChI=1S/C13H17N3O4S/c1-9-11(8-16(2)14-9)15-21(17,18)10-5-6-12(19-3)13(7-10)20-4/h5-8,15H,1-4H3. The molecule has 0 fully saturated rings. The van der Waals surface area contributed by atoms with Gasteiger partial charge >= 0.3 is 0 Å². The summed E-state index contributed by atoms with van der Waals surface area (Å²) < 4.78 is 39.0. The van der Waals surface area contributed by atoms with Crippen molar-refractivity contribution in [3.63, 3.8) is 0 Å². The zero-order valence-corrected chi connectivity index (χ0v) is 13.1. The van der Waals surface area contributed by atoms with E-state index in [0.29, 0.717) is 22.9 Å². The maximum absolute atomic E-state index is 12.4. The van der Waals surface area contributed by atoms with Crippen LogP contribution in [0.1, 0.15) is 5.69 Å². The average Bonchev–Trinajstić information content (AvgIpc) is 2.75. The summed E-state index contributed by atoms with van der Waals surface area (Å²) in [5.74, 6) is 0.817. The van der Waals surface area contributed by atoms with Crippen LogP contribution in [0.25, 0.3) is 0 Å². The highest BCUT2D eigenvalue weighted by molar-refractivity contribution is 7.92. The molecular weight excluding hydrogens is 294 g/mol. The number of ether oxygens (including phenoxy) is 2. The number of sulfonamides is 1. The predicted molar refractivity (Wildman–Crippen MR) is 78.3 cm³/mol. The Morgan fingerprint density at radius 2 is 1.86 bits per heavy atom. The topological polar surface area (TPSA) is 82.5 Å². The van der Waals surface area contributed by atoms with E-state index in [-0.39, 0.29) is 4.90 Å². The van der Waals surface area contributed by atoms with E-state index >= 15 is 0 Å². The Hall–Kier alpha value is -2.22. The van der Waals surface area contributed by atoms with Crippen molar-refractivity contribution in [1.29, 1.82) is 0 Å². The molecule has 7 nitrogen and oxygen atoms in total. The molecule has 0 atom stereocenters. The molecule has 1 aromatic carbocycles. The Balaban J connectivity index is 2.38. The van der Waals surface area contributed by atoms with Gasteiger partial charge in [-0.05, 0) is 19.1 Å². The molecule has 114 valence electrons. The van der Waals surface area contributed by atoms with Gasteiger partial charge in [0.15, 0.2) is 11.5 Å². The first-order chi connectivity index (χ1) is 9.87. The molecular formula is C13H17N3O4S. The third kappa shape index (κ3) is 3.10. The monoisotopic (exact) mass is 311 g/mol. The van der Waals surface area contributed by atoms with E-state index in [1.54, 1.807) is 30.9 Å². The minimum atomic E-state index is -3.72. The summed E-state index contributed by atoms with van der Waals surface area (Å²) in [7, 11) is 0.945. The van der Waals surface area contributed by atoms with E-state index in [2.05, 4.69) is 9.82 Å². The lowest BCUT2D eigenvalue weighted by molar-refractivity contribution is 0.354. The van der Waals surface area contributed by atoms with Crippen molar-refractivity contribution in [3.8, 4) is 11.5 Å². The molecule has 0 saturated heterocycles. The second kappa shape index (κ2) is 5.65. The van der Waals surface area contributed by atoms with Crippen LogP contribution in [0.3, 0.4) is 0 Å². The molecule has 0 aliphatic carbocycles. The molecule has 0 amide bonds. The van der Waals surface area contributed by atoms with Crippen molar-refractivity contribution >= 4 is 15.7 Å². The Morgan fingerprint density at radius 1 is 1.19 bits per heavy atom.